The minimum Gasteiger partial charge on any atom is -0.351 e. The van der Waals surface area contributed by atoms with Gasteiger partial charge in [0.15, 0.2) is 0 Å². The Bertz CT molecular complexity index is 722. The number of aromatic nitrogens is 1. The van der Waals surface area contributed by atoms with Crippen LogP contribution in [0.5, 0.6) is 0 Å². The fourth-order valence-corrected chi connectivity index (χ4v) is 5.58. The van der Waals surface area contributed by atoms with Gasteiger partial charge in [0.2, 0.25) is 0 Å². The normalized spacial score (nSPS) is 21.4. The molecule has 2 amide bonds. The van der Waals surface area contributed by atoms with E-state index in [-0.39, 0.29) is 12.0 Å². The molecule has 166 valence electrons. The fourth-order valence-electron chi connectivity index (χ4n) is 4.62. The van der Waals surface area contributed by atoms with Crippen LogP contribution in [0.25, 0.3) is 0 Å². The molecule has 1 aromatic heterocycles. The number of nitrogens with one attached hydrogen (secondary N) is 1. The number of carbonyl (C=O) groups excluding carboxylic acids is 2. The van der Waals surface area contributed by atoms with Gasteiger partial charge in [-0.25, -0.2) is 9.78 Å². The smallest absolute Gasteiger partial charge is 0.351 e. The zero-order valence-corrected chi connectivity index (χ0v) is 18.8. The number of rotatable bonds is 7. The number of hydrogen-bond donors (Lipinski definition) is 1. The minimum atomic E-state index is -0.375. The molecule has 1 aliphatic heterocycles. The molecule has 0 spiro atoms. The molecule has 0 radical (unpaired) electrons. The lowest BCUT2D eigenvalue weighted by atomic mass is 9.94. The largest absolute Gasteiger partial charge is 0.426 e. The van der Waals surface area contributed by atoms with Crippen LogP contribution < -0.4 is 5.32 Å². The summed E-state index contributed by atoms with van der Waals surface area (Å²) in [6.45, 7) is 4.04. The molecule has 2 heterocycles. The van der Waals surface area contributed by atoms with Crippen molar-refractivity contribution in [1.82, 2.24) is 20.3 Å². The Morgan fingerprint density at radius 2 is 1.83 bits per heavy atom. The molecule has 2 aliphatic carbocycles. The van der Waals surface area contributed by atoms with Gasteiger partial charge in [0.05, 0.1) is 5.01 Å². The lowest BCUT2D eigenvalue weighted by molar-refractivity contribution is -0.113. The van der Waals surface area contributed by atoms with Crippen LogP contribution in [0.2, 0.25) is 0 Å². The molecular weight excluding hydrogens is 400 g/mol. The highest BCUT2D eigenvalue weighted by atomic mass is 32.1. The van der Waals surface area contributed by atoms with E-state index in [9.17, 15) is 9.59 Å². The third kappa shape index (κ3) is 5.32. The summed E-state index contributed by atoms with van der Waals surface area (Å²) in [6.07, 6.45) is 10.6. The first kappa shape index (κ1) is 21.6. The van der Waals surface area contributed by atoms with E-state index in [1.807, 2.05) is 12.3 Å². The van der Waals surface area contributed by atoms with E-state index in [0.717, 1.165) is 50.0 Å². The molecule has 4 rings (SSSR count). The second-order valence-corrected chi connectivity index (χ2v) is 9.70. The van der Waals surface area contributed by atoms with Crippen molar-refractivity contribution in [2.24, 2.45) is 0 Å². The molecule has 7 nitrogen and oxygen atoms in total. The highest BCUT2D eigenvalue weighted by Crippen LogP contribution is 2.36. The van der Waals surface area contributed by atoms with Crippen molar-refractivity contribution >= 4 is 23.3 Å². The lowest BCUT2D eigenvalue weighted by Gasteiger charge is -2.34. The summed E-state index contributed by atoms with van der Waals surface area (Å²) in [7, 11) is 0. The Hall–Kier alpha value is -1.67. The quantitative estimate of drug-likeness (QED) is 0.692. The molecule has 0 bridgehead atoms. The molecule has 0 atom stereocenters. The molecule has 1 aromatic rings. The SMILES string of the molecule is CCCNC(=O)ON1CCC(c2nc(C(=O)N(C3CCCCC3)C3CC3)cs2)CC1. The van der Waals surface area contributed by atoms with Crippen molar-refractivity contribution in [3.05, 3.63) is 16.1 Å². The van der Waals surface area contributed by atoms with Crippen molar-refractivity contribution in [2.45, 2.75) is 89.1 Å². The van der Waals surface area contributed by atoms with Gasteiger partial charge in [0.1, 0.15) is 5.69 Å². The van der Waals surface area contributed by atoms with Gasteiger partial charge < -0.3 is 15.1 Å². The highest BCUT2D eigenvalue weighted by Gasteiger charge is 2.39. The molecule has 1 N–H and O–H groups in total. The van der Waals surface area contributed by atoms with E-state index >= 15 is 0 Å². The van der Waals surface area contributed by atoms with Gasteiger partial charge in [0.25, 0.3) is 5.91 Å². The molecule has 2 saturated carbocycles. The van der Waals surface area contributed by atoms with Crippen molar-refractivity contribution in [2.75, 3.05) is 19.6 Å². The second-order valence-electron chi connectivity index (χ2n) is 8.82. The van der Waals surface area contributed by atoms with Gasteiger partial charge in [-0.1, -0.05) is 26.2 Å². The maximum Gasteiger partial charge on any atom is 0.426 e. The van der Waals surface area contributed by atoms with Crippen molar-refractivity contribution in [3.63, 3.8) is 0 Å². The number of carbonyl (C=O) groups is 2. The maximum absolute atomic E-state index is 13.3. The standard InChI is InChI=1S/C22H34N4O3S/c1-2-12-23-22(28)29-25-13-10-16(11-14-25)20-24-19(15-30-20)21(27)26(18-8-9-18)17-6-4-3-5-7-17/h15-18H,2-14H2,1H3,(H,23,28). The Kier molecular flexibility index (Phi) is 7.25. The number of nitrogens with zero attached hydrogens (tertiary/aromatic N) is 3. The molecule has 0 aromatic carbocycles. The average molecular weight is 435 g/mol. The predicted octanol–water partition coefficient (Wildman–Crippen LogP) is 4.31. The second kappa shape index (κ2) is 10.1. The molecule has 1 saturated heterocycles. The molecule has 30 heavy (non-hydrogen) atoms. The average Bonchev–Trinajstić information content (AvgIpc) is 3.47. The van der Waals surface area contributed by atoms with E-state index in [0.29, 0.717) is 43.3 Å². The third-order valence-electron chi connectivity index (χ3n) is 6.42. The molecule has 8 heteroatoms. The van der Waals surface area contributed by atoms with Crippen LogP contribution in [0.4, 0.5) is 4.79 Å². The summed E-state index contributed by atoms with van der Waals surface area (Å²) in [4.78, 5) is 37.3. The van der Waals surface area contributed by atoms with E-state index in [1.165, 1.54) is 19.3 Å². The zero-order chi connectivity index (χ0) is 20.9. The first-order valence-corrected chi connectivity index (χ1v) is 12.5. The van der Waals surface area contributed by atoms with Crippen molar-refractivity contribution in [3.8, 4) is 0 Å². The monoisotopic (exact) mass is 434 g/mol. The van der Waals surface area contributed by atoms with Crippen LogP contribution in [0.15, 0.2) is 5.38 Å². The van der Waals surface area contributed by atoms with Gasteiger partial charge in [-0.2, -0.15) is 0 Å². The van der Waals surface area contributed by atoms with Crippen molar-refractivity contribution in [1.29, 1.82) is 0 Å². The number of hydroxylamine groups is 2. The van der Waals surface area contributed by atoms with E-state index in [4.69, 9.17) is 9.82 Å². The van der Waals surface area contributed by atoms with Gasteiger partial charge >= 0.3 is 6.09 Å². The topological polar surface area (TPSA) is 74.8 Å². The summed E-state index contributed by atoms with van der Waals surface area (Å²) >= 11 is 1.61. The first-order chi connectivity index (χ1) is 14.7. The van der Waals surface area contributed by atoms with E-state index in [2.05, 4.69) is 10.2 Å². The molecule has 3 aliphatic rings. The van der Waals surface area contributed by atoms with Crippen LogP contribution in [0.3, 0.4) is 0 Å². The number of hydrogen-bond acceptors (Lipinski definition) is 6. The van der Waals surface area contributed by atoms with Crippen LogP contribution >= 0.6 is 11.3 Å². The van der Waals surface area contributed by atoms with Gasteiger partial charge in [-0.15, -0.1) is 16.4 Å². The van der Waals surface area contributed by atoms with Crippen molar-refractivity contribution < 1.29 is 14.4 Å². The van der Waals surface area contributed by atoms with Crippen LogP contribution in [0, 0.1) is 0 Å². The number of amides is 2. The van der Waals surface area contributed by atoms with E-state index < -0.39 is 0 Å². The lowest BCUT2D eigenvalue weighted by Crippen LogP contribution is -2.43. The van der Waals surface area contributed by atoms with Crippen LogP contribution in [-0.2, 0) is 4.84 Å². The molecule has 3 fully saturated rings. The Balaban J connectivity index is 1.32. The van der Waals surface area contributed by atoms with Crippen LogP contribution in [-0.4, -0.2) is 58.7 Å². The Morgan fingerprint density at radius 3 is 2.50 bits per heavy atom. The van der Waals surface area contributed by atoms with Gasteiger partial charge in [-0.3, -0.25) is 4.79 Å². The number of thiazole rings is 1. The summed E-state index contributed by atoms with van der Waals surface area (Å²) < 4.78 is 0. The Labute approximate surface area is 183 Å². The Morgan fingerprint density at radius 1 is 1.13 bits per heavy atom. The molecular formula is C22H34N4O3S. The van der Waals surface area contributed by atoms with E-state index in [1.54, 1.807) is 16.4 Å². The maximum atomic E-state index is 13.3. The minimum absolute atomic E-state index is 0.139. The summed E-state index contributed by atoms with van der Waals surface area (Å²) in [5.74, 6) is 0.472. The summed E-state index contributed by atoms with van der Waals surface area (Å²) in [5, 5.41) is 7.47. The van der Waals surface area contributed by atoms with Crippen LogP contribution in [0.1, 0.15) is 92.5 Å². The van der Waals surface area contributed by atoms with Gasteiger partial charge in [-0.05, 0) is 44.9 Å². The summed E-state index contributed by atoms with van der Waals surface area (Å²) in [6, 6.07) is 0.841. The third-order valence-corrected chi connectivity index (χ3v) is 7.43. The van der Waals surface area contributed by atoms with Gasteiger partial charge in [0, 0.05) is 43.0 Å². The number of piperidine rings is 1. The predicted molar refractivity (Wildman–Crippen MR) is 117 cm³/mol. The fraction of sp³-hybridized carbons (Fsp3) is 0.773. The molecule has 0 unspecified atom stereocenters. The highest BCUT2D eigenvalue weighted by molar-refractivity contribution is 7.09. The summed E-state index contributed by atoms with van der Waals surface area (Å²) in [5.41, 5.74) is 0.630. The first-order valence-electron chi connectivity index (χ1n) is 11.6. The zero-order valence-electron chi connectivity index (χ0n) is 18.0.